The van der Waals surface area contributed by atoms with Gasteiger partial charge < -0.3 is 9.47 Å². The van der Waals surface area contributed by atoms with E-state index in [-0.39, 0.29) is 11.8 Å². The lowest BCUT2D eigenvalue weighted by molar-refractivity contribution is -0.00735. The Balaban J connectivity index is 1.19. The van der Waals surface area contributed by atoms with Crippen LogP contribution in [0.4, 0.5) is 0 Å². The molecule has 0 amide bonds. The van der Waals surface area contributed by atoms with Crippen LogP contribution in [0.5, 0.6) is 11.5 Å². The third-order valence-corrected chi connectivity index (χ3v) is 14.7. The zero-order chi connectivity index (χ0) is 37.9. The lowest BCUT2D eigenvalue weighted by Gasteiger charge is -2.52. The van der Waals surface area contributed by atoms with Gasteiger partial charge in [0.05, 0.1) is 36.6 Å². The van der Waals surface area contributed by atoms with Crippen LogP contribution in [0.25, 0.3) is 32.6 Å². The second-order valence-corrected chi connectivity index (χ2v) is 17.1. The van der Waals surface area contributed by atoms with Crippen LogP contribution in [0.2, 0.25) is 0 Å². The molecule has 0 N–H and O–H groups in total. The molecule has 0 aliphatic carbocycles. The predicted molar refractivity (Wildman–Crippen MR) is 224 cm³/mol. The molecule has 0 radical (unpaired) electrons. The van der Waals surface area contributed by atoms with Crippen LogP contribution in [0.3, 0.4) is 0 Å². The fourth-order valence-corrected chi connectivity index (χ4v) is 11.7. The molecule has 6 aliphatic heterocycles. The Kier molecular flexibility index (Phi) is 9.37. The Morgan fingerprint density at radius 3 is 1.46 bits per heavy atom. The Labute approximate surface area is 330 Å². The number of methoxy groups -OCH3 is 2. The summed E-state index contributed by atoms with van der Waals surface area (Å²) in [5.41, 5.74) is 6.63. The van der Waals surface area contributed by atoms with Gasteiger partial charge in [-0.2, -0.15) is 10.2 Å². The molecule has 288 valence electrons. The summed E-state index contributed by atoms with van der Waals surface area (Å²) in [5.74, 6) is 4.68. The second-order valence-electron chi connectivity index (χ2n) is 17.1. The molecule has 3 aromatic carbocycles. The summed E-state index contributed by atoms with van der Waals surface area (Å²) in [6, 6.07) is 26.7. The van der Waals surface area contributed by atoms with Crippen molar-refractivity contribution in [3.63, 3.8) is 0 Å². The minimum absolute atomic E-state index is 0.0175. The summed E-state index contributed by atoms with van der Waals surface area (Å²) in [4.78, 5) is 15.2. The SMILES string of the molecule is CC[C@H]1CN2CC[C@H]1C[C@@H]2C(c1ccnc2ccc(OC)cc12)c1nnc(C(c2ccnc3ccc(OC)cc23)[C@H]2C[C@@H]3CCN2C[C@@H]3CC)c2ccccc12. The first-order valence-electron chi connectivity index (χ1n) is 21.1. The maximum absolute atomic E-state index is 5.80. The number of piperidine rings is 6. The summed E-state index contributed by atoms with van der Waals surface area (Å²) < 4.78 is 11.6. The molecule has 4 bridgehead atoms. The van der Waals surface area contributed by atoms with Gasteiger partial charge in [-0.05, 0) is 122 Å². The number of rotatable bonds is 10. The molecule has 8 nitrogen and oxygen atoms in total. The average molecular weight is 747 g/mol. The fourth-order valence-electron chi connectivity index (χ4n) is 11.7. The largest absolute Gasteiger partial charge is 0.497 e. The minimum Gasteiger partial charge on any atom is -0.497 e. The summed E-state index contributed by atoms with van der Waals surface area (Å²) in [6.07, 6.45) is 11.3. The minimum atomic E-state index is 0.0175. The highest BCUT2D eigenvalue weighted by Crippen LogP contribution is 2.50. The van der Waals surface area contributed by atoms with Crippen molar-refractivity contribution in [1.29, 1.82) is 0 Å². The molecule has 9 heterocycles. The van der Waals surface area contributed by atoms with Gasteiger partial charge in [0.25, 0.3) is 0 Å². The van der Waals surface area contributed by atoms with E-state index in [1.807, 2.05) is 24.5 Å². The van der Waals surface area contributed by atoms with E-state index < -0.39 is 0 Å². The average Bonchev–Trinajstić information content (AvgIpc) is 3.27. The number of hydrogen-bond acceptors (Lipinski definition) is 8. The molecule has 0 saturated carbocycles. The van der Waals surface area contributed by atoms with Crippen LogP contribution in [0.15, 0.2) is 85.2 Å². The summed E-state index contributed by atoms with van der Waals surface area (Å²) in [7, 11) is 3.50. The third kappa shape index (κ3) is 5.94. The topological polar surface area (TPSA) is 76.5 Å². The van der Waals surface area contributed by atoms with Crippen LogP contribution >= 0.6 is 0 Å². The first kappa shape index (κ1) is 35.7. The van der Waals surface area contributed by atoms with Gasteiger partial charge in [-0.3, -0.25) is 19.8 Å². The van der Waals surface area contributed by atoms with Crippen molar-refractivity contribution < 1.29 is 9.47 Å². The maximum Gasteiger partial charge on any atom is 0.119 e. The quantitative estimate of drug-likeness (QED) is 0.137. The standard InChI is InChI=1S/C48H54N6O2/c1-5-29-27-53-21-17-31(29)23-43(53)45(35-15-19-49-41-13-11-33(55-3)25-39(35)41)47-37-9-7-8-10-38(37)48(52-51-47)46(44-24-32-18-22-54(44)28-30(32)6-2)36-16-20-50-42-14-12-34(56-4)26-40(36)42/h7-16,19-20,25-26,29-32,43-46H,5-6,17-18,21-24,27-28H2,1-4H3/t29-,30-,31-,32-,43+,44+,45?,46?/m0/s1. The molecule has 10 atom stereocenters. The molecular weight excluding hydrogens is 693 g/mol. The number of aromatic nitrogens is 4. The van der Waals surface area contributed by atoms with Gasteiger partial charge in [-0.1, -0.05) is 51.0 Å². The Morgan fingerprint density at radius 1 is 0.607 bits per heavy atom. The van der Waals surface area contributed by atoms with E-state index >= 15 is 0 Å². The van der Waals surface area contributed by atoms with Crippen LogP contribution in [0.1, 0.15) is 86.7 Å². The smallest absolute Gasteiger partial charge is 0.119 e. The highest BCUT2D eigenvalue weighted by atomic mass is 16.5. The molecule has 8 heteroatoms. The van der Waals surface area contributed by atoms with Crippen molar-refractivity contribution >= 4 is 32.6 Å². The molecule has 6 aromatic rings. The normalized spacial score (nSPS) is 28.1. The molecule has 0 spiro atoms. The third-order valence-electron chi connectivity index (χ3n) is 14.7. The van der Waals surface area contributed by atoms with Crippen molar-refractivity contribution in [2.24, 2.45) is 23.7 Å². The van der Waals surface area contributed by atoms with E-state index in [0.29, 0.717) is 12.1 Å². The van der Waals surface area contributed by atoms with Gasteiger partial charge in [0, 0.05) is 70.9 Å². The van der Waals surface area contributed by atoms with Crippen molar-refractivity contribution in [2.75, 3.05) is 40.4 Å². The number of ether oxygens (including phenoxy) is 2. The Morgan fingerprint density at radius 2 is 1.07 bits per heavy atom. The van der Waals surface area contributed by atoms with Gasteiger partial charge in [0.2, 0.25) is 0 Å². The molecule has 56 heavy (non-hydrogen) atoms. The summed E-state index contributed by atoms with van der Waals surface area (Å²) >= 11 is 0. The van der Waals surface area contributed by atoms with E-state index in [1.54, 1.807) is 14.2 Å². The highest BCUT2D eigenvalue weighted by molar-refractivity contribution is 5.91. The van der Waals surface area contributed by atoms with Gasteiger partial charge in [-0.15, -0.1) is 0 Å². The monoisotopic (exact) mass is 746 g/mol. The molecule has 6 aliphatic rings. The Bertz CT molecular complexity index is 2230. The number of fused-ring (bicyclic) bond motifs is 9. The number of pyridine rings is 2. The van der Waals surface area contributed by atoms with Gasteiger partial charge in [0.15, 0.2) is 0 Å². The van der Waals surface area contributed by atoms with Gasteiger partial charge in [0.1, 0.15) is 11.5 Å². The van der Waals surface area contributed by atoms with Crippen molar-refractivity contribution in [1.82, 2.24) is 30.0 Å². The first-order chi connectivity index (χ1) is 27.6. The second kappa shape index (κ2) is 14.7. The van der Waals surface area contributed by atoms with Crippen LogP contribution in [-0.2, 0) is 0 Å². The van der Waals surface area contributed by atoms with E-state index in [4.69, 9.17) is 29.6 Å². The van der Waals surface area contributed by atoms with Gasteiger partial charge in [-0.25, -0.2) is 0 Å². The van der Waals surface area contributed by atoms with Crippen LogP contribution in [-0.4, -0.2) is 82.4 Å². The lowest BCUT2D eigenvalue weighted by Crippen LogP contribution is -2.55. The fraction of sp³-hybridized carbons (Fsp3) is 0.458. The van der Waals surface area contributed by atoms with Crippen molar-refractivity contribution in [2.45, 2.75) is 76.3 Å². The molecule has 4 unspecified atom stereocenters. The van der Waals surface area contributed by atoms with E-state index in [2.05, 4.69) is 84.3 Å². The maximum atomic E-state index is 5.80. The number of hydrogen-bond donors (Lipinski definition) is 0. The van der Waals surface area contributed by atoms with E-state index in [9.17, 15) is 0 Å². The zero-order valence-electron chi connectivity index (χ0n) is 33.3. The van der Waals surface area contributed by atoms with E-state index in [1.165, 1.54) is 60.4 Å². The molecule has 6 saturated heterocycles. The first-order valence-corrected chi connectivity index (χ1v) is 21.1. The lowest BCUT2D eigenvalue weighted by atomic mass is 9.68. The zero-order valence-corrected chi connectivity index (χ0v) is 33.3. The summed E-state index contributed by atoms with van der Waals surface area (Å²) in [6.45, 7) is 9.31. The van der Waals surface area contributed by atoms with Crippen molar-refractivity contribution in [3.8, 4) is 11.5 Å². The summed E-state index contributed by atoms with van der Waals surface area (Å²) in [5, 5.41) is 15.7. The van der Waals surface area contributed by atoms with E-state index in [0.717, 1.165) is 94.5 Å². The van der Waals surface area contributed by atoms with Gasteiger partial charge >= 0.3 is 0 Å². The van der Waals surface area contributed by atoms with Crippen LogP contribution < -0.4 is 9.47 Å². The molecule has 3 aromatic heterocycles. The molecule has 12 rings (SSSR count). The van der Waals surface area contributed by atoms with Crippen molar-refractivity contribution in [3.05, 3.63) is 108 Å². The number of benzene rings is 3. The number of nitrogens with zero attached hydrogens (tertiary/aromatic N) is 6. The highest BCUT2D eigenvalue weighted by Gasteiger charge is 2.47. The molecule has 6 fully saturated rings. The predicted octanol–water partition coefficient (Wildman–Crippen LogP) is 9.25. The Hall–Kier alpha value is -4.66. The van der Waals surface area contributed by atoms with Crippen LogP contribution in [0, 0.1) is 23.7 Å². The molecular formula is C48H54N6O2.